The Balaban J connectivity index is 1.32. The molecule has 0 bridgehead atoms. The first-order chi connectivity index (χ1) is 18.9. The smallest absolute Gasteiger partial charge is 0.273 e. The minimum atomic E-state index is -0.274. The number of rotatable bonds is 8. The summed E-state index contributed by atoms with van der Waals surface area (Å²) in [7, 11) is 5.66. The molecule has 0 spiro atoms. The molecule has 0 atom stereocenters. The molecule has 2 aromatic heterocycles. The molecule has 0 radical (unpaired) electrons. The lowest BCUT2D eigenvalue weighted by atomic mass is 9.78. The lowest BCUT2D eigenvalue weighted by Gasteiger charge is -2.36. The predicted molar refractivity (Wildman–Crippen MR) is 158 cm³/mol. The van der Waals surface area contributed by atoms with Gasteiger partial charge in [0, 0.05) is 44.6 Å². The van der Waals surface area contributed by atoms with Gasteiger partial charge < -0.3 is 19.6 Å². The summed E-state index contributed by atoms with van der Waals surface area (Å²) < 4.78 is 5.29. The monoisotopic (exact) mass is 548 g/mol. The SMILES string of the molecule is COc1ncc(-c2cccc(N(C[C@H]3CC[C@H](c4ccc(N(C)C)nc4)CC3)C(=O)[C@H]3CC[C@H](O)CC3)c2)s1. The van der Waals surface area contributed by atoms with E-state index >= 15 is 0 Å². The standard InChI is InChI=1S/C31H40N4O3S/c1-34(2)29-16-13-25(18-32-29)22-9-7-21(8-10-22)20-35(30(37)23-11-14-27(36)15-12-23)26-6-4-5-24(17-26)28-19-33-31(38-3)39-28/h4-6,13,16-19,21-23,27,36H,7-12,14-15,20H2,1-3H3/t21-,22-,23-,27-. The average molecular weight is 549 g/mol. The van der Waals surface area contributed by atoms with Crippen LogP contribution in [0.15, 0.2) is 48.8 Å². The van der Waals surface area contributed by atoms with E-state index in [0.29, 0.717) is 29.9 Å². The van der Waals surface area contributed by atoms with Crippen LogP contribution in [-0.4, -0.2) is 54.8 Å². The summed E-state index contributed by atoms with van der Waals surface area (Å²) in [4.78, 5) is 28.0. The van der Waals surface area contributed by atoms with Crippen molar-refractivity contribution in [2.75, 3.05) is 37.5 Å². The number of hydrogen-bond donors (Lipinski definition) is 1. The molecule has 208 valence electrons. The summed E-state index contributed by atoms with van der Waals surface area (Å²) in [6, 6.07) is 12.6. The Labute approximate surface area is 235 Å². The molecule has 7 nitrogen and oxygen atoms in total. The highest BCUT2D eigenvalue weighted by molar-refractivity contribution is 7.16. The molecule has 2 fully saturated rings. The highest BCUT2D eigenvalue weighted by Gasteiger charge is 2.32. The van der Waals surface area contributed by atoms with Crippen LogP contribution in [0.3, 0.4) is 0 Å². The minimum absolute atomic E-state index is 0.0295. The zero-order valence-corrected chi connectivity index (χ0v) is 24.1. The third-order valence-corrected chi connectivity index (χ3v) is 9.41. The molecule has 5 rings (SSSR count). The molecule has 2 aliphatic carbocycles. The van der Waals surface area contributed by atoms with Crippen molar-refractivity contribution < 1.29 is 14.6 Å². The molecule has 0 unspecified atom stereocenters. The predicted octanol–water partition coefficient (Wildman–Crippen LogP) is 6.14. The van der Waals surface area contributed by atoms with Gasteiger partial charge in [-0.3, -0.25) is 4.79 Å². The van der Waals surface area contributed by atoms with Crippen LogP contribution in [0.4, 0.5) is 11.5 Å². The number of ether oxygens (including phenoxy) is 1. The van der Waals surface area contributed by atoms with E-state index < -0.39 is 0 Å². The third kappa shape index (κ3) is 6.61. The van der Waals surface area contributed by atoms with Gasteiger partial charge >= 0.3 is 0 Å². The van der Waals surface area contributed by atoms with Gasteiger partial charge in [-0.15, -0.1) is 0 Å². The van der Waals surface area contributed by atoms with Crippen molar-refractivity contribution in [2.45, 2.75) is 63.4 Å². The minimum Gasteiger partial charge on any atom is -0.473 e. The van der Waals surface area contributed by atoms with Crippen LogP contribution in [0.2, 0.25) is 0 Å². The summed E-state index contributed by atoms with van der Waals surface area (Å²) in [5.74, 6) is 2.14. The van der Waals surface area contributed by atoms with Gasteiger partial charge in [0.05, 0.1) is 18.1 Å². The number of benzene rings is 1. The number of aliphatic hydroxyl groups is 1. The highest BCUT2D eigenvalue weighted by atomic mass is 32.1. The summed E-state index contributed by atoms with van der Waals surface area (Å²) in [5.41, 5.74) is 3.31. The Morgan fingerprint density at radius 3 is 2.41 bits per heavy atom. The number of thiazole rings is 1. The van der Waals surface area contributed by atoms with Gasteiger partial charge in [-0.1, -0.05) is 29.5 Å². The lowest BCUT2D eigenvalue weighted by Crippen LogP contribution is -2.41. The van der Waals surface area contributed by atoms with Gasteiger partial charge in [0.2, 0.25) is 5.91 Å². The van der Waals surface area contributed by atoms with E-state index in [9.17, 15) is 9.90 Å². The average Bonchev–Trinajstić information content (AvgIpc) is 3.46. The maximum atomic E-state index is 14.0. The van der Waals surface area contributed by atoms with Gasteiger partial charge in [0.1, 0.15) is 5.82 Å². The summed E-state index contributed by atoms with van der Waals surface area (Å²) in [5, 5.41) is 10.7. The normalized spacial score (nSPS) is 23.3. The van der Waals surface area contributed by atoms with Crippen molar-refractivity contribution in [3.8, 4) is 15.6 Å². The van der Waals surface area contributed by atoms with Crippen molar-refractivity contribution in [2.24, 2.45) is 11.8 Å². The Bertz CT molecular complexity index is 1230. The van der Waals surface area contributed by atoms with Gasteiger partial charge in [-0.05, 0) is 92.5 Å². The number of amides is 1. The van der Waals surface area contributed by atoms with Crippen molar-refractivity contribution in [3.05, 3.63) is 54.4 Å². The van der Waals surface area contributed by atoms with Crippen LogP contribution in [0, 0.1) is 11.8 Å². The Hall–Kier alpha value is -2.97. The van der Waals surface area contributed by atoms with Crippen molar-refractivity contribution >= 4 is 28.7 Å². The number of hydrogen-bond acceptors (Lipinski definition) is 7. The summed E-state index contributed by atoms with van der Waals surface area (Å²) >= 11 is 1.51. The van der Waals surface area contributed by atoms with E-state index in [1.54, 1.807) is 7.11 Å². The first-order valence-corrected chi connectivity index (χ1v) is 15.0. The molecule has 2 aliphatic rings. The number of carbonyl (C=O) groups excluding carboxylic acids is 1. The van der Waals surface area contributed by atoms with Crippen LogP contribution in [0.1, 0.15) is 62.8 Å². The molecule has 1 amide bonds. The maximum absolute atomic E-state index is 14.0. The van der Waals surface area contributed by atoms with E-state index in [2.05, 4.69) is 40.3 Å². The summed E-state index contributed by atoms with van der Waals surface area (Å²) in [6.07, 6.45) is 10.9. The number of nitrogens with zero attached hydrogens (tertiary/aromatic N) is 4. The first kappa shape index (κ1) is 27.6. The Kier molecular flexibility index (Phi) is 8.82. The topological polar surface area (TPSA) is 78.8 Å². The second-order valence-corrected chi connectivity index (χ2v) is 12.3. The molecule has 1 N–H and O–H groups in total. The van der Waals surface area contributed by atoms with Crippen molar-refractivity contribution in [1.29, 1.82) is 0 Å². The molecule has 2 saturated carbocycles. The number of methoxy groups -OCH3 is 1. The van der Waals surface area contributed by atoms with Crippen LogP contribution in [0.5, 0.6) is 5.19 Å². The number of carbonyl (C=O) groups is 1. The van der Waals surface area contributed by atoms with E-state index in [1.165, 1.54) is 16.9 Å². The fourth-order valence-corrected chi connectivity index (χ4v) is 6.75. The van der Waals surface area contributed by atoms with E-state index in [4.69, 9.17) is 4.74 Å². The van der Waals surface area contributed by atoms with Gasteiger partial charge in [-0.2, -0.15) is 0 Å². The third-order valence-electron chi connectivity index (χ3n) is 8.40. The van der Waals surface area contributed by atoms with Crippen LogP contribution < -0.4 is 14.5 Å². The van der Waals surface area contributed by atoms with Gasteiger partial charge in [0.15, 0.2) is 0 Å². The number of aromatic nitrogens is 2. The van der Waals surface area contributed by atoms with Crippen LogP contribution in [-0.2, 0) is 4.79 Å². The molecule has 0 aliphatic heterocycles. The van der Waals surface area contributed by atoms with E-state index in [0.717, 1.165) is 67.0 Å². The molecular weight excluding hydrogens is 508 g/mol. The highest BCUT2D eigenvalue weighted by Crippen LogP contribution is 2.38. The Morgan fingerprint density at radius 1 is 1.00 bits per heavy atom. The quantitative estimate of drug-likeness (QED) is 0.364. The van der Waals surface area contributed by atoms with Crippen LogP contribution >= 0.6 is 11.3 Å². The largest absolute Gasteiger partial charge is 0.473 e. The zero-order chi connectivity index (χ0) is 27.4. The molecule has 0 saturated heterocycles. The van der Waals surface area contributed by atoms with Gasteiger partial charge in [0.25, 0.3) is 5.19 Å². The summed E-state index contributed by atoms with van der Waals surface area (Å²) in [6.45, 7) is 0.734. The molecule has 39 heavy (non-hydrogen) atoms. The molecule has 8 heteroatoms. The van der Waals surface area contributed by atoms with Gasteiger partial charge in [-0.25, -0.2) is 9.97 Å². The molecule has 3 aromatic rings. The second kappa shape index (κ2) is 12.5. The Morgan fingerprint density at radius 2 is 1.77 bits per heavy atom. The first-order valence-electron chi connectivity index (χ1n) is 14.1. The molecule has 1 aromatic carbocycles. The molecular formula is C31H40N4O3S. The lowest BCUT2D eigenvalue weighted by molar-refractivity contribution is -0.124. The van der Waals surface area contributed by atoms with E-state index in [-0.39, 0.29) is 17.9 Å². The fraction of sp³-hybridized carbons (Fsp3) is 0.516. The number of pyridine rings is 1. The number of aliphatic hydroxyl groups excluding tert-OH is 1. The number of anilines is 2. The second-order valence-electron chi connectivity index (χ2n) is 11.3. The zero-order valence-electron chi connectivity index (χ0n) is 23.3. The maximum Gasteiger partial charge on any atom is 0.273 e. The van der Waals surface area contributed by atoms with Crippen LogP contribution in [0.25, 0.3) is 10.4 Å². The van der Waals surface area contributed by atoms with E-state index in [1.807, 2.05) is 42.4 Å². The van der Waals surface area contributed by atoms with Crippen molar-refractivity contribution in [1.82, 2.24) is 9.97 Å². The molecule has 2 heterocycles. The fourth-order valence-electron chi connectivity index (χ4n) is 6.02. The van der Waals surface area contributed by atoms with Crippen molar-refractivity contribution in [3.63, 3.8) is 0 Å².